The largest absolute Gasteiger partial charge is 0.371 e. The van der Waals surface area contributed by atoms with Crippen LogP contribution >= 0.6 is 23.2 Å². The Balaban J connectivity index is 1.53. The first-order chi connectivity index (χ1) is 11.1. The zero-order valence-electron chi connectivity index (χ0n) is 13.0. The zero-order valence-corrected chi connectivity index (χ0v) is 14.5. The van der Waals surface area contributed by atoms with Gasteiger partial charge in [0.25, 0.3) is 0 Å². The van der Waals surface area contributed by atoms with Crippen LogP contribution in [-0.4, -0.2) is 51.3 Å². The van der Waals surface area contributed by atoms with E-state index >= 15 is 0 Å². The Bertz CT molecular complexity index is 663. The van der Waals surface area contributed by atoms with Crippen LogP contribution in [0.25, 0.3) is 0 Å². The molecule has 0 N–H and O–H groups in total. The van der Waals surface area contributed by atoms with Crippen molar-refractivity contribution < 1.29 is 4.74 Å². The van der Waals surface area contributed by atoms with E-state index in [1.54, 1.807) is 0 Å². The number of hydrogen-bond donors (Lipinski definition) is 0. The Morgan fingerprint density at radius 3 is 2.87 bits per heavy atom. The highest BCUT2D eigenvalue weighted by Crippen LogP contribution is 2.29. The fourth-order valence-corrected chi connectivity index (χ4v) is 3.03. The van der Waals surface area contributed by atoms with E-state index in [9.17, 15) is 0 Å². The van der Waals surface area contributed by atoms with Crippen molar-refractivity contribution in [1.82, 2.24) is 25.1 Å². The van der Waals surface area contributed by atoms with Crippen molar-refractivity contribution in [1.29, 1.82) is 0 Å². The monoisotopic (exact) mass is 355 g/mol. The van der Waals surface area contributed by atoms with Gasteiger partial charge in [0, 0.05) is 26.2 Å². The molecule has 0 aliphatic carbocycles. The first-order valence-corrected chi connectivity index (χ1v) is 8.41. The number of benzene rings is 1. The lowest BCUT2D eigenvalue weighted by molar-refractivity contribution is -0.0305. The first kappa shape index (κ1) is 16.6. The van der Waals surface area contributed by atoms with Crippen LogP contribution < -0.4 is 0 Å². The normalized spacial score (nSPS) is 19.2. The number of morpholine rings is 1. The van der Waals surface area contributed by atoms with Crippen LogP contribution in [0.2, 0.25) is 10.0 Å². The summed E-state index contributed by atoms with van der Waals surface area (Å²) < 4.78 is 7.71. The van der Waals surface area contributed by atoms with Crippen molar-refractivity contribution in [2.45, 2.75) is 26.0 Å². The van der Waals surface area contributed by atoms with Gasteiger partial charge in [-0.25, -0.2) is 4.68 Å². The fraction of sp³-hybridized carbons (Fsp3) is 0.533. The highest BCUT2D eigenvalue weighted by molar-refractivity contribution is 6.42. The molecule has 124 valence electrons. The maximum atomic E-state index is 6.10. The Morgan fingerprint density at radius 2 is 2.13 bits per heavy atom. The van der Waals surface area contributed by atoms with Crippen LogP contribution in [-0.2, 0) is 11.3 Å². The van der Waals surface area contributed by atoms with Crippen LogP contribution in [0.1, 0.15) is 23.9 Å². The summed E-state index contributed by atoms with van der Waals surface area (Å²) in [6.07, 6.45) is 1.04. The maximum absolute atomic E-state index is 6.10. The third-order valence-electron chi connectivity index (χ3n) is 4.02. The summed E-state index contributed by atoms with van der Waals surface area (Å²) in [4.78, 5) is 2.40. The van der Waals surface area contributed by atoms with Gasteiger partial charge in [0.2, 0.25) is 0 Å². The minimum atomic E-state index is 0.0355. The molecular weight excluding hydrogens is 337 g/mol. The Morgan fingerprint density at radius 1 is 1.26 bits per heavy atom. The summed E-state index contributed by atoms with van der Waals surface area (Å²) >= 11 is 12.1. The lowest BCUT2D eigenvalue weighted by atomic mass is 10.1. The van der Waals surface area contributed by atoms with Gasteiger partial charge < -0.3 is 4.74 Å². The molecule has 0 amide bonds. The highest BCUT2D eigenvalue weighted by Gasteiger charge is 2.22. The molecule has 2 aromatic rings. The van der Waals surface area contributed by atoms with Crippen LogP contribution in [0.5, 0.6) is 0 Å². The van der Waals surface area contributed by atoms with Crippen molar-refractivity contribution in [3.8, 4) is 0 Å². The standard InChI is InChI=1S/C15H19Cl2N5O/c1-11-18-19-20-22(11)6-2-5-21-7-8-23-15(10-21)12-3-4-13(16)14(17)9-12/h3-4,9,15H,2,5-8,10H2,1H3. The molecule has 1 aliphatic rings. The summed E-state index contributed by atoms with van der Waals surface area (Å²) in [7, 11) is 0. The number of tetrazole rings is 1. The van der Waals surface area contributed by atoms with E-state index in [1.165, 1.54) is 0 Å². The highest BCUT2D eigenvalue weighted by atomic mass is 35.5. The van der Waals surface area contributed by atoms with E-state index in [1.807, 2.05) is 29.8 Å². The molecule has 2 heterocycles. The van der Waals surface area contributed by atoms with Gasteiger partial charge in [-0.15, -0.1) is 5.10 Å². The van der Waals surface area contributed by atoms with Crippen molar-refractivity contribution in [3.05, 3.63) is 39.6 Å². The molecule has 1 fully saturated rings. The molecule has 1 aliphatic heterocycles. The molecule has 6 nitrogen and oxygen atoms in total. The van der Waals surface area contributed by atoms with Gasteiger partial charge in [-0.2, -0.15) is 0 Å². The molecule has 0 spiro atoms. The van der Waals surface area contributed by atoms with Gasteiger partial charge in [0.05, 0.1) is 22.8 Å². The van der Waals surface area contributed by atoms with Crippen LogP contribution in [0.4, 0.5) is 0 Å². The molecule has 1 unspecified atom stereocenters. The Hall–Kier alpha value is -1.21. The van der Waals surface area contributed by atoms with Crippen molar-refractivity contribution in [2.75, 3.05) is 26.2 Å². The number of halogens is 2. The molecule has 8 heteroatoms. The molecule has 1 atom stereocenters. The van der Waals surface area contributed by atoms with Crippen LogP contribution in [0.15, 0.2) is 18.2 Å². The van der Waals surface area contributed by atoms with E-state index < -0.39 is 0 Å². The molecule has 23 heavy (non-hydrogen) atoms. The van der Waals surface area contributed by atoms with E-state index in [2.05, 4.69) is 20.4 Å². The minimum Gasteiger partial charge on any atom is -0.371 e. The number of rotatable bonds is 5. The van der Waals surface area contributed by atoms with Gasteiger partial charge in [-0.1, -0.05) is 29.3 Å². The van der Waals surface area contributed by atoms with Gasteiger partial charge in [-0.05, 0) is 41.5 Å². The summed E-state index contributed by atoms with van der Waals surface area (Å²) in [5, 5.41) is 12.7. The summed E-state index contributed by atoms with van der Waals surface area (Å²) in [6, 6.07) is 5.69. The second-order valence-electron chi connectivity index (χ2n) is 5.64. The fourth-order valence-electron chi connectivity index (χ4n) is 2.72. The van der Waals surface area contributed by atoms with E-state index in [0.29, 0.717) is 10.0 Å². The van der Waals surface area contributed by atoms with Gasteiger partial charge in [-0.3, -0.25) is 4.90 Å². The molecule has 0 bridgehead atoms. The minimum absolute atomic E-state index is 0.0355. The average Bonchev–Trinajstić information content (AvgIpc) is 2.96. The molecule has 0 saturated carbocycles. The quantitative estimate of drug-likeness (QED) is 0.825. The molecule has 3 rings (SSSR count). The van der Waals surface area contributed by atoms with Gasteiger partial charge >= 0.3 is 0 Å². The molecule has 1 aromatic carbocycles. The number of hydrogen-bond acceptors (Lipinski definition) is 5. The van der Waals surface area contributed by atoms with Gasteiger partial charge in [0.15, 0.2) is 0 Å². The molecular formula is C15H19Cl2N5O. The van der Waals surface area contributed by atoms with E-state index in [-0.39, 0.29) is 6.10 Å². The van der Waals surface area contributed by atoms with Crippen LogP contribution in [0.3, 0.4) is 0 Å². The summed E-state index contributed by atoms with van der Waals surface area (Å²) in [5.41, 5.74) is 1.07. The third-order valence-corrected chi connectivity index (χ3v) is 4.76. The smallest absolute Gasteiger partial charge is 0.148 e. The number of nitrogens with zero attached hydrogens (tertiary/aromatic N) is 5. The third kappa shape index (κ3) is 4.20. The van der Waals surface area contributed by atoms with E-state index in [0.717, 1.165) is 50.6 Å². The second kappa shape index (κ2) is 7.57. The molecule has 1 aromatic heterocycles. The Kier molecular flexibility index (Phi) is 5.48. The maximum Gasteiger partial charge on any atom is 0.148 e. The lowest BCUT2D eigenvalue weighted by Crippen LogP contribution is -2.39. The topological polar surface area (TPSA) is 56.1 Å². The van der Waals surface area contributed by atoms with Crippen molar-refractivity contribution >= 4 is 23.2 Å². The summed E-state index contributed by atoms with van der Waals surface area (Å²) in [6.45, 7) is 6.23. The first-order valence-electron chi connectivity index (χ1n) is 7.65. The van der Waals surface area contributed by atoms with Crippen molar-refractivity contribution in [3.63, 3.8) is 0 Å². The Labute approximate surface area is 145 Å². The van der Waals surface area contributed by atoms with Gasteiger partial charge in [0.1, 0.15) is 5.82 Å². The number of aromatic nitrogens is 4. The zero-order chi connectivity index (χ0) is 16.2. The van der Waals surface area contributed by atoms with Crippen molar-refractivity contribution in [2.24, 2.45) is 0 Å². The second-order valence-corrected chi connectivity index (χ2v) is 6.45. The number of aryl methyl sites for hydroxylation is 2. The predicted octanol–water partition coefficient (Wildman–Crippen LogP) is 2.75. The predicted molar refractivity (Wildman–Crippen MR) is 88.8 cm³/mol. The molecule has 0 radical (unpaired) electrons. The lowest BCUT2D eigenvalue weighted by Gasteiger charge is -2.33. The van der Waals surface area contributed by atoms with Crippen LogP contribution in [0, 0.1) is 6.92 Å². The molecule has 1 saturated heterocycles. The SMILES string of the molecule is Cc1nnnn1CCCN1CCOC(c2ccc(Cl)c(Cl)c2)C1. The van der Waals surface area contributed by atoms with E-state index in [4.69, 9.17) is 27.9 Å². The number of ether oxygens (including phenoxy) is 1. The summed E-state index contributed by atoms with van der Waals surface area (Å²) in [5.74, 6) is 0.848. The average molecular weight is 356 g/mol.